The molecule has 0 unspecified atom stereocenters. The van der Waals surface area contributed by atoms with Crippen LogP contribution in [0.15, 0.2) is 42.6 Å². The van der Waals surface area contributed by atoms with Gasteiger partial charge >= 0.3 is 0 Å². The second-order valence-corrected chi connectivity index (χ2v) is 5.47. The maximum absolute atomic E-state index is 5.74. The summed E-state index contributed by atoms with van der Waals surface area (Å²) in [6.07, 6.45) is 2.11. The Morgan fingerprint density at radius 2 is 1.70 bits per heavy atom. The second-order valence-electron chi connectivity index (χ2n) is 5.47. The molecule has 4 heteroatoms. The summed E-state index contributed by atoms with van der Waals surface area (Å²) in [7, 11) is 2.11. The predicted octanol–water partition coefficient (Wildman–Crippen LogP) is 1.93. The molecule has 0 radical (unpaired) electrons. The zero-order valence-corrected chi connectivity index (χ0v) is 12.0. The molecule has 1 aromatic carbocycles. The topological polar surface area (TPSA) is 37.4 Å². The van der Waals surface area contributed by atoms with Gasteiger partial charge in [-0.2, -0.15) is 0 Å². The van der Waals surface area contributed by atoms with Crippen molar-refractivity contribution in [3.8, 4) is 0 Å². The van der Waals surface area contributed by atoms with E-state index in [1.807, 2.05) is 12.1 Å². The van der Waals surface area contributed by atoms with Gasteiger partial charge in [-0.15, -0.1) is 0 Å². The smallest absolute Gasteiger partial charge is 0.0388 e. The van der Waals surface area contributed by atoms with Crippen LogP contribution in [0.4, 0.5) is 11.4 Å². The van der Waals surface area contributed by atoms with Crippen LogP contribution in [0.3, 0.4) is 0 Å². The lowest BCUT2D eigenvalue weighted by Crippen LogP contribution is -2.46. The average molecular weight is 270 g/mol. The second kappa shape index (κ2) is 5.59. The summed E-state index contributed by atoms with van der Waals surface area (Å²) in [5.74, 6) is 0. The summed E-state index contributed by atoms with van der Waals surface area (Å²) in [6, 6.07) is 12.5. The molecule has 106 valence electrons. The third-order valence-electron chi connectivity index (χ3n) is 4.07. The van der Waals surface area contributed by atoms with E-state index in [4.69, 9.17) is 5.73 Å². The maximum atomic E-state index is 5.74. The van der Waals surface area contributed by atoms with Crippen molar-refractivity contribution in [1.29, 1.82) is 0 Å². The molecule has 2 aromatic rings. The zero-order valence-electron chi connectivity index (χ0n) is 12.0. The van der Waals surface area contributed by atoms with E-state index in [-0.39, 0.29) is 0 Å². The van der Waals surface area contributed by atoms with Crippen molar-refractivity contribution in [2.24, 2.45) is 7.05 Å². The van der Waals surface area contributed by atoms with Gasteiger partial charge in [0.1, 0.15) is 0 Å². The summed E-state index contributed by atoms with van der Waals surface area (Å²) >= 11 is 0. The molecular weight excluding hydrogens is 248 g/mol. The molecule has 2 heterocycles. The number of aryl methyl sites for hydroxylation is 1. The lowest BCUT2D eigenvalue weighted by Gasteiger charge is -2.36. The number of rotatable bonds is 3. The van der Waals surface area contributed by atoms with Crippen LogP contribution in [0.25, 0.3) is 0 Å². The molecule has 0 spiro atoms. The highest BCUT2D eigenvalue weighted by molar-refractivity contribution is 5.53. The number of nitrogen functional groups attached to an aromatic ring is 1. The molecule has 3 rings (SSSR count). The van der Waals surface area contributed by atoms with Crippen molar-refractivity contribution in [2.45, 2.75) is 6.54 Å². The molecule has 0 bridgehead atoms. The standard InChI is InChI=1S/C16H22N4/c1-18-8-2-3-16(18)13-19-9-11-20(12-10-19)15-6-4-14(17)5-7-15/h2-8H,9-13,17H2,1H3. The number of benzene rings is 1. The Kier molecular flexibility index (Phi) is 3.65. The number of nitrogens with two attached hydrogens (primary N) is 1. The molecule has 1 aliphatic heterocycles. The first-order valence-electron chi connectivity index (χ1n) is 7.15. The van der Waals surface area contributed by atoms with Gasteiger partial charge < -0.3 is 15.2 Å². The predicted molar refractivity (Wildman–Crippen MR) is 83.8 cm³/mol. The maximum Gasteiger partial charge on any atom is 0.0388 e. The van der Waals surface area contributed by atoms with Gasteiger partial charge in [-0.25, -0.2) is 0 Å². The van der Waals surface area contributed by atoms with Gasteiger partial charge in [0, 0.05) is 63.0 Å². The highest BCUT2D eigenvalue weighted by Crippen LogP contribution is 2.18. The molecule has 0 atom stereocenters. The van der Waals surface area contributed by atoms with Gasteiger partial charge in [-0.05, 0) is 36.4 Å². The van der Waals surface area contributed by atoms with Crippen LogP contribution in [0.2, 0.25) is 0 Å². The van der Waals surface area contributed by atoms with E-state index in [2.05, 4.69) is 51.9 Å². The van der Waals surface area contributed by atoms with Crippen LogP contribution < -0.4 is 10.6 Å². The molecule has 20 heavy (non-hydrogen) atoms. The number of anilines is 2. The Labute approximate surface area is 120 Å². The molecule has 2 N–H and O–H groups in total. The molecule has 1 saturated heterocycles. The third kappa shape index (κ3) is 2.80. The third-order valence-corrected chi connectivity index (χ3v) is 4.07. The van der Waals surface area contributed by atoms with Crippen LogP contribution in [0.5, 0.6) is 0 Å². The van der Waals surface area contributed by atoms with E-state index < -0.39 is 0 Å². The van der Waals surface area contributed by atoms with E-state index in [1.165, 1.54) is 11.4 Å². The van der Waals surface area contributed by atoms with Crippen molar-refractivity contribution >= 4 is 11.4 Å². The van der Waals surface area contributed by atoms with Crippen LogP contribution in [-0.4, -0.2) is 35.6 Å². The molecule has 1 fully saturated rings. The first kappa shape index (κ1) is 13.1. The van der Waals surface area contributed by atoms with Crippen molar-refractivity contribution in [3.05, 3.63) is 48.3 Å². The molecule has 4 nitrogen and oxygen atoms in total. The molecule has 0 saturated carbocycles. The van der Waals surface area contributed by atoms with E-state index in [0.717, 1.165) is 38.4 Å². The number of aromatic nitrogens is 1. The minimum absolute atomic E-state index is 0.830. The molecule has 1 aliphatic rings. The highest BCUT2D eigenvalue weighted by Gasteiger charge is 2.17. The van der Waals surface area contributed by atoms with Crippen LogP contribution in [0, 0.1) is 0 Å². The zero-order chi connectivity index (χ0) is 13.9. The highest BCUT2D eigenvalue weighted by atomic mass is 15.3. The molecule has 1 aromatic heterocycles. The quantitative estimate of drug-likeness (QED) is 0.866. The summed E-state index contributed by atoms with van der Waals surface area (Å²) in [5, 5.41) is 0. The van der Waals surface area contributed by atoms with E-state index in [0.29, 0.717) is 0 Å². The Bertz CT molecular complexity index is 550. The largest absolute Gasteiger partial charge is 0.399 e. The summed E-state index contributed by atoms with van der Waals surface area (Å²) in [5.41, 5.74) is 9.22. The number of hydrogen-bond acceptors (Lipinski definition) is 3. The normalized spacial score (nSPS) is 16.6. The van der Waals surface area contributed by atoms with Gasteiger partial charge in [0.15, 0.2) is 0 Å². The van der Waals surface area contributed by atoms with Crippen LogP contribution in [0.1, 0.15) is 5.69 Å². The average Bonchev–Trinajstić information content (AvgIpc) is 2.86. The number of hydrogen-bond donors (Lipinski definition) is 1. The van der Waals surface area contributed by atoms with Crippen LogP contribution in [-0.2, 0) is 13.6 Å². The van der Waals surface area contributed by atoms with Crippen molar-refractivity contribution in [3.63, 3.8) is 0 Å². The molecule has 0 aliphatic carbocycles. The summed E-state index contributed by atoms with van der Waals surface area (Å²) < 4.78 is 2.20. The van der Waals surface area contributed by atoms with E-state index in [9.17, 15) is 0 Å². The van der Waals surface area contributed by atoms with Gasteiger partial charge in [0.25, 0.3) is 0 Å². The summed E-state index contributed by atoms with van der Waals surface area (Å²) in [6.45, 7) is 5.41. The molecule has 0 amide bonds. The van der Waals surface area contributed by atoms with Gasteiger partial charge in [0.2, 0.25) is 0 Å². The Hall–Kier alpha value is -1.94. The first-order chi connectivity index (χ1) is 9.72. The van der Waals surface area contributed by atoms with Crippen LogP contribution >= 0.6 is 0 Å². The van der Waals surface area contributed by atoms with Gasteiger partial charge in [0.05, 0.1) is 0 Å². The van der Waals surface area contributed by atoms with E-state index >= 15 is 0 Å². The van der Waals surface area contributed by atoms with Crippen molar-refractivity contribution in [2.75, 3.05) is 36.8 Å². The van der Waals surface area contributed by atoms with Crippen molar-refractivity contribution in [1.82, 2.24) is 9.47 Å². The van der Waals surface area contributed by atoms with Gasteiger partial charge in [-0.1, -0.05) is 0 Å². The first-order valence-corrected chi connectivity index (χ1v) is 7.15. The number of nitrogens with zero attached hydrogens (tertiary/aromatic N) is 3. The fourth-order valence-corrected chi connectivity index (χ4v) is 2.74. The van der Waals surface area contributed by atoms with Crippen molar-refractivity contribution < 1.29 is 0 Å². The van der Waals surface area contributed by atoms with E-state index in [1.54, 1.807) is 0 Å². The summed E-state index contributed by atoms with van der Waals surface area (Å²) in [4.78, 5) is 4.95. The fraction of sp³-hybridized carbons (Fsp3) is 0.375. The minimum atomic E-state index is 0.830. The Balaban J connectivity index is 1.57. The fourth-order valence-electron chi connectivity index (χ4n) is 2.74. The van der Waals surface area contributed by atoms with Gasteiger partial charge in [-0.3, -0.25) is 4.90 Å². The lowest BCUT2D eigenvalue weighted by atomic mass is 10.2. The Morgan fingerprint density at radius 1 is 1.00 bits per heavy atom. The minimum Gasteiger partial charge on any atom is -0.399 e. The molecular formula is C16H22N4. The number of piperazine rings is 1. The Morgan fingerprint density at radius 3 is 2.30 bits per heavy atom. The SMILES string of the molecule is Cn1cccc1CN1CCN(c2ccc(N)cc2)CC1. The lowest BCUT2D eigenvalue weighted by molar-refractivity contribution is 0.245. The monoisotopic (exact) mass is 270 g/mol.